The fourth-order valence-electron chi connectivity index (χ4n) is 2.09. The second kappa shape index (κ2) is 12.2. The van der Waals surface area contributed by atoms with E-state index in [9.17, 15) is 0 Å². The zero-order chi connectivity index (χ0) is 14.5. The van der Waals surface area contributed by atoms with E-state index in [0.29, 0.717) is 0 Å². The van der Waals surface area contributed by atoms with Crippen LogP contribution in [0, 0.1) is 0 Å². The predicted molar refractivity (Wildman–Crippen MR) is 86.3 cm³/mol. The SMILES string of the molecule is CC/C(C)=C\CC/C(=C/CC/C(=C/CO)CC)CC. The molecule has 0 unspecified atom stereocenters. The first-order valence-corrected chi connectivity index (χ1v) is 7.80. The number of hydrogen-bond donors (Lipinski definition) is 1. The van der Waals surface area contributed by atoms with Gasteiger partial charge in [-0.05, 0) is 51.9 Å². The van der Waals surface area contributed by atoms with Crippen molar-refractivity contribution < 1.29 is 5.11 Å². The topological polar surface area (TPSA) is 20.2 Å². The highest BCUT2D eigenvalue weighted by Crippen LogP contribution is 2.16. The third-order valence-electron chi connectivity index (χ3n) is 3.70. The summed E-state index contributed by atoms with van der Waals surface area (Å²) in [6, 6.07) is 0. The van der Waals surface area contributed by atoms with Gasteiger partial charge < -0.3 is 5.11 Å². The first-order chi connectivity index (χ1) is 9.17. The molecule has 0 spiro atoms. The van der Waals surface area contributed by atoms with Crippen molar-refractivity contribution >= 4 is 0 Å². The van der Waals surface area contributed by atoms with Crippen molar-refractivity contribution in [3.8, 4) is 0 Å². The Hall–Kier alpha value is -0.820. The van der Waals surface area contributed by atoms with Gasteiger partial charge in [0, 0.05) is 0 Å². The summed E-state index contributed by atoms with van der Waals surface area (Å²) in [5.74, 6) is 0. The zero-order valence-electron chi connectivity index (χ0n) is 13.3. The third kappa shape index (κ3) is 9.72. The minimum Gasteiger partial charge on any atom is -0.392 e. The number of aliphatic hydroxyl groups excluding tert-OH is 1. The van der Waals surface area contributed by atoms with Gasteiger partial charge in [-0.15, -0.1) is 0 Å². The zero-order valence-corrected chi connectivity index (χ0v) is 13.3. The van der Waals surface area contributed by atoms with Crippen molar-refractivity contribution in [1.29, 1.82) is 0 Å². The predicted octanol–water partition coefficient (Wildman–Crippen LogP) is 5.57. The van der Waals surface area contributed by atoms with Gasteiger partial charge in [0.2, 0.25) is 0 Å². The molecular formula is C18H32O. The molecule has 0 saturated carbocycles. The van der Waals surface area contributed by atoms with Crippen molar-refractivity contribution in [2.75, 3.05) is 6.61 Å². The number of hydrogen-bond acceptors (Lipinski definition) is 1. The molecule has 0 atom stereocenters. The van der Waals surface area contributed by atoms with Crippen molar-refractivity contribution in [3.63, 3.8) is 0 Å². The van der Waals surface area contributed by atoms with Crippen LogP contribution in [0.1, 0.15) is 72.6 Å². The highest BCUT2D eigenvalue weighted by atomic mass is 16.2. The first-order valence-electron chi connectivity index (χ1n) is 7.80. The molecule has 0 aliphatic rings. The molecule has 0 radical (unpaired) electrons. The van der Waals surface area contributed by atoms with Crippen molar-refractivity contribution in [2.45, 2.75) is 72.6 Å². The van der Waals surface area contributed by atoms with Crippen LogP contribution in [0.5, 0.6) is 0 Å². The molecule has 0 aliphatic heterocycles. The Morgan fingerprint density at radius 2 is 1.32 bits per heavy atom. The lowest BCUT2D eigenvalue weighted by molar-refractivity contribution is 0.341. The van der Waals surface area contributed by atoms with Crippen LogP contribution >= 0.6 is 0 Å². The van der Waals surface area contributed by atoms with Gasteiger partial charge in [-0.2, -0.15) is 0 Å². The average Bonchev–Trinajstić information content (AvgIpc) is 2.44. The first kappa shape index (κ1) is 18.2. The second-order valence-electron chi connectivity index (χ2n) is 5.10. The van der Waals surface area contributed by atoms with E-state index in [2.05, 4.69) is 39.8 Å². The summed E-state index contributed by atoms with van der Waals surface area (Å²) >= 11 is 0. The van der Waals surface area contributed by atoms with Crippen molar-refractivity contribution in [1.82, 2.24) is 0 Å². The van der Waals surface area contributed by atoms with Crippen LogP contribution in [0.25, 0.3) is 0 Å². The lowest BCUT2D eigenvalue weighted by Crippen LogP contribution is -1.87. The fourth-order valence-corrected chi connectivity index (χ4v) is 2.09. The van der Waals surface area contributed by atoms with Gasteiger partial charge in [-0.25, -0.2) is 0 Å². The van der Waals surface area contributed by atoms with Gasteiger partial charge in [0.15, 0.2) is 0 Å². The second-order valence-corrected chi connectivity index (χ2v) is 5.10. The molecule has 0 heterocycles. The molecule has 1 heteroatoms. The van der Waals surface area contributed by atoms with Crippen LogP contribution in [0.2, 0.25) is 0 Å². The smallest absolute Gasteiger partial charge is 0.0615 e. The minimum absolute atomic E-state index is 0.175. The summed E-state index contributed by atoms with van der Waals surface area (Å²) in [6.45, 7) is 9.00. The molecule has 0 rings (SSSR count). The van der Waals surface area contributed by atoms with E-state index in [0.717, 1.165) is 32.1 Å². The van der Waals surface area contributed by atoms with Crippen LogP contribution in [0.4, 0.5) is 0 Å². The van der Waals surface area contributed by atoms with Crippen molar-refractivity contribution in [2.24, 2.45) is 0 Å². The third-order valence-corrected chi connectivity index (χ3v) is 3.70. The Kier molecular flexibility index (Phi) is 11.7. The van der Waals surface area contributed by atoms with Gasteiger partial charge >= 0.3 is 0 Å². The molecule has 19 heavy (non-hydrogen) atoms. The van der Waals surface area contributed by atoms with E-state index >= 15 is 0 Å². The molecule has 110 valence electrons. The Balaban J connectivity index is 4.15. The quantitative estimate of drug-likeness (QED) is 0.511. The highest BCUT2D eigenvalue weighted by molar-refractivity contribution is 5.08. The molecule has 1 nitrogen and oxygen atoms in total. The maximum absolute atomic E-state index is 8.92. The summed E-state index contributed by atoms with van der Waals surface area (Å²) in [7, 11) is 0. The monoisotopic (exact) mass is 264 g/mol. The number of aliphatic hydroxyl groups is 1. The van der Waals surface area contributed by atoms with Gasteiger partial charge in [-0.1, -0.05) is 55.7 Å². The number of allylic oxidation sites excluding steroid dienone is 5. The normalized spacial score (nSPS) is 14.1. The van der Waals surface area contributed by atoms with Crippen LogP contribution in [-0.4, -0.2) is 11.7 Å². The molecule has 0 aromatic carbocycles. The van der Waals surface area contributed by atoms with E-state index < -0.39 is 0 Å². The largest absolute Gasteiger partial charge is 0.392 e. The molecule has 0 aliphatic carbocycles. The van der Waals surface area contributed by atoms with Crippen LogP contribution in [0.15, 0.2) is 34.9 Å². The number of rotatable bonds is 10. The molecule has 0 saturated heterocycles. The fraction of sp³-hybridized carbons (Fsp3) is 0.667. The highest BCUT2D eigenvalue weighted by Gasteiger charge is 1.96. The summed E-state index contributed by atoms with van der Waals surface area (Å²) in [5, 5.41) is 8.92. The average molecular weight is 264 g/mol. The van der Waals surface area contributed by atoms with E-state index in [1.54, 1.807) is 5.57 Å². The summed E-state index contributed by atoms with van der Waals surface area (Å²) in [6.07, 6.45) is 14.7. The maximum Gasteiger partial charge on any atom is 0.0615 e. The molecule has 0 bridgehead atoms. The molecule has 0 aromatic heterocycles. The molecule has 1 N–H and O–H groups in total. The van der Waals surface area contributed by atoms with Crippen LogP contribution < -0.4 is 0 Å². The van der Waals surface area contributed by atoms with Gasteiger partial charge in [0.1, 0.15) is 0 Å². The standard InChI is InChI=1S/C18H32O/c1-5-16(4)10-8-11-17(6-2)12-9-13-18(7-3)14-15-19/h10,12,14,19H,5-9,11,13,15H2,1-4H3/b16-10-,17-12+,18-14+. The van der Waals surface area contributed by atoms with E-state index in [4.69, 9.17) is 5.11 Å². The summed E-state index contributed by atoms with van der Waals surface area (Å²) in [4.78, 5) is 0. The van der Waals surface area contributed by atoms with Crippen LogP contribution in [0.3, 0.4) is 0 Å². The van der Waals surface area contributed by atoms with Gasteiger partial charge in [0.25, 0.3) is 0 Å². The lowest BCUT2D eigenvalue weighted by Gasteiger charge is -2.05. The van der Waals surface area contributed by atoms with Gasteiger partial charge in [-0.3, -0.25) is 0 Å². The summed E-state index contributed by atoms with van der Waals surface area (Å²) < 4.78 is 0. The Labute approximate surface area is 120 Å². The Bertz CT molecular complexity index is 308. The molecule has 0 fully saturated rings. The minimum atomic E-state index is 0.175. The van der Waals surface area contributed by atoms with E-state index in [-0.39, 0.29) is 6.61 Å². The molecule has 0 aromatic rings. The van der Waals surface area contributed by atoms with Crippen molar-refractivity contribution in [3.05, 3.63) is 34.9 Å². The Morgan fingerprint density at radius 1 is 0.789 bits per heavy atom. The molecule has 0 amide bonds. The van der Waals surface area contributed by atoms with Gasteiger partial charge in [0.05, 0.1) is 6.61 Å². The summed E-state index contributed by atoms with van der Waals surface area (Å²) in [5.41, 5.74) is 4.44. The van der Waals surface area contributed by atoms with E-state index in [1.165, 1.54) is 24.0 Å². The molecular weight excluding hydrogens is 232 g/mol. The lowest BCUT2D eigenvalue weighted by atomic mass is 10.0. The maximum atomic E-state index is 8.92. The Morgan fingerprint density at radius 3 is 1.79 bits per heavy atom. The van der Waals surface area contributed by atoms with Crippen LogP contribution in [-0.2, 0) is 0 Å². The van der Waals surface area contributed by atoms with E-state index in [1.807, 2.05) is 6.08 Å².